The van der Waals surface area contributed by atoms with E-state index in [1.165, 1.54) is 24.0 Å². The molecule has 3 rings (SSSR count). The first-order valence-corrected chi connectivity index (χ1v) is 7.52. The number of esters is 1. The van der Waals surface area contributed by atoms with E-state index in [0.717, 1.165) is 41.9 Å². The van der Waals surface area contributed by atoms with Crippen molar-refractivity contribution >= 4 is 17.3 Å². The molecule has 2 heterocycles. The molecule has 0 saturated carbocycles. The third-order valence-corrected chi connectivity index (χ3v) is 4.63. The zero-order chi connectivity index (χ0) is 14.1. The molecule has 20 heavy (non-hydrogen) atoms. The minimum atomic E-state index is -0.286. The lowest BCUT2D eigenvalue weighted by molar-refractivity contribution is 0.0607. The Kier molecular flexibility index (Phi) is 3.49. The van der Waals surface area contributed by atoms with Gasteiger partial charge in [-0.2, -0.15) is 0 Å². The van der Waals surface area contributed by atoms with Gasteiger partial charge in [0, 0.05) is 11.1 Å². The lowest BCUT2D eigenvalue weighted by atomic mass is 9.96. The topological polar surface area (TPSA) is 35.5 Å². The third-order valence-electron chi connectivity index (χ3n) is 3.55. The number of rotatable bonds is 2. The summed E-state index contributed by atoms with van der Waals surface area (Å²) in [5.74, 6) is 0.636. The normalized spacial score (nSPS) is 13.5. The highest BCUT2D eigenvalue weighted by molar-refractivity contribution is 7.12. The summed E-state index contributed by atoms with van der Waals surface area (Å²) in [5, 5.41) is 1.99. The fraction of sp³-hybridized carbons (Fsp3) is 0.312. The molecule has 4 heteroatoms. The van der Waals surface area contributed by atoms with E-state index in [9.17, 15) is 4.79 Å². The van der Waals surface area contributed by atoms with Crippen molar-refractivity contribution in [1.29, 1.82) is 0 Å². The van der Waals surface area contributed by atoms with E-state index in [-0.39, 0.29) is 5.97 Å². The molecule has 1 aliphatic heterocycles. The van der Waals surface area contributed by atoms with Crippen LogP contribution < -0.4 is 4.74 Å². The number of aryl methyl sites for hydroxylation is 2. The molecule has 2 aromatic rings. The van der Waals surface area contributed by atoms with Gasteiger partial charge in [0.2, 0.25) is 0 Å². The highest BCUT2D eigenvalue weighted by Crippen LogP contribution is 2.41. The maximum absolute atomic E-state index is 11.9. The number of carbonyl (C=O) groups excluding carboxylic acids is 1. The van der Waals surface area contributed by atoms with Crippen molar-refractivity contribution in [3.8, 4) is 16.9 Å². The quantitative estimate of drug-likeness (QED) is 0.788. The highest BCUT2D eigenvalue weighted by atomic mass is 32.1. The lowest BCUT2D eigenvalue weighted by Gasteiger charge is -2.20. The number of fused-ring (bicyclic) bond motifs is 1. The van der Waals surface area contributed by atoms with Crippen molar-refractivity contribution in [3.05, 3.63) is 39.6 Å². The number of hydrogen-bond acceptors (Lipinski definition) is 4. The number of ether oxygens (including phenoxy) is 2. The summed E-state index contributed by atoms with van der Waals surface area (Å²) in [6, 6.07) is 6.14. The average Bonchev–Trinajstić information content (AvgIpc) is 2.87. The van der Waals surface area contributed by atoms with Gasteiger partial charge in [0.05, 0.1) is 13.7 Å². The molecule has 1 aliphatic rings. The summed E-state index contributed by atoms with van der Waals surface area (Å²) in [5.41, 5.74) is 4.25. The average molecular weight is 288 g/mol. The van der Waals surface area contributed by atoms with Crippen molar-refractivity contribution < 1.29 is 14.3 Å². The van der Waals surface area contributed by atoms with Crippen LogP contribution in [-0.4, -0.2) is 19.7 Å². The number of hydrogen-bond donors (Lipinski definition) is 0. The maximum Gasteiger partial charge on any atom is 0.348 e. The Morgan fingerprint density at radius 3 is 3.05 bits per heavy atom. The number of carbonyl (C=O) groups is 1. The van der Waals surface area contributed by atoms with Crippen molar-refractivity contribution in [2.24, 2.45) is 0 Å². The second-order valence-electron chi connectivity index (χ2n) is 4.86. The summed E-state index contributed by atoms with van der Waals surface area (Å²) >= 11 is 1.42. The number of methoxy groups -OCH3 is 1. The Morgan fingerprint density at radius 1 is 1.40 bits per heavy atom. The molecule has 0 radical (unpaired) electrons. The van der Waals surface area contributed by atoms with Crippen LogP contribution in [-0.2, 0) is 11.2 Å². The van der Waals surface area contributed by atoms with Gasteiger partial charge in [-0.3, -0.25) is 0 Å². The SMILES string of the molecule is COC(=O)c1scc(C)c1-c1cccc2c1OCCC2. The first kappa shape index (κ1) is 13.2. The van der Waals surface area contributed by atoms with Crippen LogP contribution in [0.1, 0.15) is 27.2 Å². The van der Waals surface area contributed by atoms with Gasteiger partial charge in [0.1, 0.15) is 10.6 Å². The monoisotopic (exact) mass is 288 g/mol. The van der Waals surface area contributed by atoms with Crippen LogP contribution in [0.15, 0.2) is 23.6 Å². The van der Waals surface area contributed by atoms with Crippen LogP contribution in [0.5, 0.6) is 5.75 Å². The van der Waals surface area contributed by atoms with Crippen LogP contribution in [0.25, 0.3) is 11.1 Å². The second kappa shape index (κ2) is 5.29. The first-order chi connectivity index (χ1) is 9.72. The van der Waals surface area contributed by atoms with Crippen LogP contribution in [0.3, 0.4) is 0 Å². The molecule has 0 unspecified atom stereocenters. The molecule has 0 aliphatic carbocycles. The smallest absolute Gasteiger partial charge is 0.348 e. The molecule has 3 nitrogen and oxygen atoms in total. The molecule has 0 N–H and O–H groups in total. The Bertz CT molecular complexity index is 658. The van der Waals surface area contributed by atoms with E-state index in [1.54, 1.807) is 0 Å². The zero-order valence-electron chi connectivity index (χ0n) is 11.6. The van der Waals surface area contributed by atoms with Gasteiger partial charge in [-0.15, -0.1) is 11.3 Å². The van der Waals surface area contributed by atoms with Crippen molar-refractivity contribution in [2.75, 3.05) is 13.7 Å². The van der Waals surface area contributed by atoms with E-state index in [4.69, 9.17) is 9.47 Å². The van der Waals surface area contributed by atoms with Crippen LogP contribution >= 0.6 is 11.3 Å². The van der Waals surface area contributed by atoms with Crippen molar-refractivity contribution in [1.82, 2.24) is 0 Å². The van der Waals surface area contributed by atoms with Gasteiger partial charge in [-0.1, -0.05) is 18.2 Å². The van der Waals surface area contributed by atoms with E-state index in [2.05, 4.69) is 6.07 Å². The van der Waals surface area contributed by atoms with Gasteiger partial charge in [-0.05, 0) is 36.3 Å². The third kappa shape index (κ3) is 2.10. The maximum atomic E-state index is 11.9. The van der Waals surface area contributed by atoms with Gasteiger partial charge < -0.3 is 9.47 Å². The van der Waals surface area contributed by atoms with Gasteiger partial charge in [0.15, 0.2) is 0 Å². The minimum absolute atomic E-state index is 0.286. The zero-order valence-corrected chi connectivity index (χ0v) is 12.4. The lowest BCUT2D eigenvalue weighted by Crippen LogP contribution is -2.10. The summed E-state index contributed by atoms with van der Waals surface area (Å²) in [4.78, 5) is 12.6. The molecule has 1 aromatic heterocycles. The Balaban J connectivity index is 2.19. The Morgan fingerprint density at radius 2 is 2.25 bits per heavy atom. The number of benzene rings is 1. The standard InChI is InChI=1S/C16H16O3S/c1-10-9-20-15(16(17)18-2)13(10)12-7-3-5-11-6-4-8-19-14(11)12/h3,5,7,9H,4,6,8H2,1-2H3. The molecule has 0 saturated heterocycles. The molecular formula is C16H16O3S. The predicted molar refractivity (Wildman–Crippen MR) is 79.6 cm³/mol. The summed E-state index contributed by atoms with van der Waals surface area (Å²) < 4.78 is 10.7. The van der Waals surface area contributed by atoms with Gasteiger partial charge in [-0.25, -0.2) is 4.79 Å². The fourth-order valence-corrected chi connectivity index (χ4v) is 3.59. The largest absolute Gasteiger partial charge is 0.493 e. The van der Waals surface area contributed by atoms with E-state index in [0.29, 0.717) is 4.88 Å². The van der Waals surface area contributed by atoms with E-state index >= 15 is 0 Å². The molecule has 1 aromatic carbocycles. The van der Waals surface area contributed by atoms with E-state index < -0.39 is 0 Å². The van der Waals surface area contributed by atoms with Gasteiger partial charge in [0.25, 0.3) is 0 Å². The number of para-hydroxylation sites is 1. The molecule has 0 fully saturated rings. The number of thiophene rings is 1. The predicted octanol–water partition coefficient (Wildman–Crippen LogP) is 3.84. The van der Waals surface area contributed by atoms with E-state index in [1.807, 2.05) is 24.4 Å². The van der Waals surface area contributed by atoms with Crippen molar-refractivity contribution in [2.45, 2.75) is 19.8 Å². The van der Waals surface area contributed by atoms with Crippen LogP contribution in [0.4, 0.5) is 0 Å². The summed E-state index contributed by atoms with van der Waals surface area (Å²) in [6.45, 7) is 2.75. The van der Waals surface area contributed by atoms with Crippen molar-refractivity contribution in [3.63, 3.8) is 0 Å². The molecule has 0 spiro atoms. The molecular weight excluding hydrogens is 272 g/mol. The molecule has 0 atom stereocenters. The van der Waals surface area contributed by atoms with Crippen LogP contribution in [0, 0.1) is 6.92 Å². The summed E-state index contributed by atoms with van der Waals surface area (Å²) in [7, 11) is 1.41. The highest BCUT2D eigenvalue weighted by Gasteiger charge is 2.23. The molecule has 104 valence electrons. The Labute approximate surface area is 122 Å². The van der Waals surface area contributed by atoms with Gasteiger partial charge >= 0.3 is 5.97 Å². The Hall–Kier alpha value is -1.81. The fourth-order valence-electron chi connectivity index (χ4n) is 2.61. The summed E-state index contributed by atoms with van der Waals surface area (Å²) in [6.07, 6.45) is 2.07. The minimum Gasteiger partial charge on any atom is -0.493 e. The molecule has 0 bridgehead atoms. The first-order valence-electron chi connectivity index (χ1n) is 6.64. The van der Waals surface area contributed by atoms with Crippen LogP contribution in [0.2, 0.25) is 0 Å². The molecule has 0 amide bonds. The second-order valence-corrected chi connectivity index (χ2v) is 5.74.